The Morgan fingerprint density at radius 3 is 2.25 bits per heavy atom. The van der Waals surface area contributed by atoms with Gasteiger partial charge in [-0.15, -0.1) is 0 Å². The van der Waals surface area contributed by atoms with Gasteiger partial charge in [-0.05, 0) is 65.2 Å². The zero-order chi connectivity index (χ0) is 20.9. The molecule has 0 bridgehead atoms. The Labute approximate surface area is 168 Å². The summed E-state index contributed by atoms with van der Waals surface area (Å²) in [6.07, 6.45) is 0.986. The Kier molecular flexibility index (Phi) is 7.06. The Morgan fingerprint density at radius 2 is 1.79 bits per heavy atom. The summed E-state index contributed by atoms with van der Waals surface area (Å²) in [5.74, 6) is 0.0441. The molecule has 1 fully saturated rings. The second kappa shape index (κ2) is 9.09. The number of ether oxygens (including phenoxy) is 1. The highest BCUT2D eigenvalue weighted by molar-refractivity contribution is 5.79. The van der Waals surface area contributed by atoms with Crippen molar-refractivity contribution in [3.63, 3.8) is 0 Å². The monoisotopic (exact) mass is 385 g/mol. The van der Waals surface area contributed by atoms with Gasteiger partial charge >= 0.3 is 6.09 Å². The number of benzene rings is 1. The molecule has 0 spiro atoms. The van der Waals surface area contributed by atoms with Crippen LogP contribution in [-0.4, -0.2) is 46.5 Å². The number of carbonyl (C=O) groups excluding carboxylic acids is 2. The fraction of sp³-hybridized carbons (Fsp3) is 0.591. The molecular formula is C22H31N3O3. The van der Waals surface area contributed by atoms with Gasteiger partial charge in [-0.1, -0.05) is 12.1 Å². The molecule has 0 unspecified atom stereocenters. The van der Waals surface area contributed by atoms with Gasteiger partial charge in [0, 0.05) is 31.6 Å². The highest BCUT2D eigenvalue weighted by Crippen LogP contribution is 2.23. The van der Waals surface area contributed by atoms with Gasteiger partial charge < -0.3 is 14.5 Å². The van der Waals surface area contributed by atoms with Gasteiger partial charge in [0.05, 0.1) is 11.6 Å². The summed E-state index contributed by atoms with van der Waals surface area (Å²) in [4.78, 5) is 28.9. The second-order valence-electron chi connectivity index (χ2n) is 8.61. The molecule has 1 heterocycles. The quantitative estimate of drug-likeness (QED) is 0.787. The van der Waals surface area contributed by atoms with Crippen LogP contribution in [0, 0.1) is 17.2 Å². The van der Waals surface area contributed by atoms with Gasteiger partial charge in [0.15, 0.2) is 0 Å². The van der Waals surface area contributed by atoms with Crippen molar-refractivity contribution in [2.75, 3.05) is 13.1 Å². The number of piperidine rings is 1. The van der Waals surface area contributed by atoms with E-state index in [1.54, 1.807) is 17.0 Å². The van der Waals surface area contributed by atoms with Crippen LogP contribution >= 0.6 is 0 Å². The SMILES string of the molecule is CC(C)N(Cc1ccc(C#N)cc1)C(=O)C1CCN(C(=O)OC(C)(C)C)CC1. The number of carbonyl (C=O) groups is 2. The second-order valence-corrected chi connectivity index (χ2v) is 8.61. The van der Waals surface area contributed by atoms with Crippen molar-refractivity contribution in [3.8, 4) is 6.07 Å². The summed E-state index contributed by atoms with van der Waals surface area (Å²) in [5.41, 5.74) is 1.10. The number of nitrogens with zero attached hydrogens (tertiary/aromatic N) is 3. The largest absolute Gasteiger partial charge is 0.444 e. The lowest BCUT2D eigenvalue weighted by atomic mass is 9.94. The molecule has 2 amide bonds. The van der Waals surface area contributed by atoms with Crippen molar-refractivity contribution in [1.82, 2.24) is 9.80 Å². The first kappa shape index (κ1) is 21.7. The molecule has 0 atom stereocenters. The minimum atomic E-state index is -0.515. The summed E-state index contributed by atoms with van der Waals surface area (Å²) in [7, 11) is 0. The van der Waals surface area contributed by atoms with Gasteiger partial charge in [0.25, 0.3) is 0 Å². The first-order chi connectivity index (χ1) is 13.1. The minimum absolute atomic E-state index is 0.0760. The summed E-state index contributed by atoms with van der Waals surface area (Å²) in [6.45, 7) is 11.2. The van der Waals surface area contributed by atoms with Crippen molar-refractivity contribution in [2.45, 2.75) is 65.6 Å². The van der Waals surface area contributed by atoms with E-state index in [2.05, 4.69) is 6.07 Å². The lowest BCUT2D eigenvalue weighted by Gasteiger charge is -2.36. The molecule has 0 N–H and O–H groups in total. The van der Waals surface area contributed by atoms with Crippen LogP contribution in [0.2, 0.25) is 0 Å². The maximum Gasteiger partial charge on any atom is 0.410 e. The van der Waals surface area contributed by atoms with Gasteiger partial charge in [-0.2, -0.15) is 5.26 Å². The van der Waals surface area contributed by atoms with Crippen LogP contribution < -0.4 is 0 Å². The average molecular weight is 386 g/mol. The summed E-state index contributed by atoms with van der Waals surface area (Å²) < 4.78 is 5.43. The van der Waals surface area contributed by atoms with E-state index in [9.17, 15) is 9.59 Å². The van der Waals surface area contributed by atoms with E-state index >= 15 is 0 Å². The predicted molar refractivity (Wildman–Crippen MR) is 107 cm³/mol. The average Bonchev–Trinajstić information content (AvgIpc) is 2.64. The molecule has 0 aliphatic carbocycles. The standard InChI is InChI=1S/C22H31N3O3/c1-16(2)25(15-18-8-6-17(14-23)7-9-18)20(26)19-10-12-24(13-11-19)21(27)28-22(3,4)5/h6-9,16,19H,10-13,15H2,1-5H3. The van der Waals surface area contributed by atoms with Crippen LogP contribution in [0.25, 0.3) is 0 Å². The van der Waals surface area contributed by atoms with Gasteiger partial charge in [0.2, 0.25) is 5.91 Å². The molecule has 6 heteroatoms. The predicted octanol–water partition coefficient (Wildman–Crippen LogP) is 3.94. The van der Waals surface area contributed by atoms with Crippen molar-refractivity contribution in [3.05, 3.63) is 35.4 Å². The van der Waals surface area contributed by atoms with E-state index < -0.39 is 5.60 Å². The molecule has 1 aliphatic rings. The molecule has 0 saturated carbocycles. The topological polar surface area (TPSA) is 73.6 Å². The van der Waals surface area contributed by atoms with Crippen LogP contribution in [0.3, 0.4) is 0 Å². The number of amides is 2. The highest BCUT2D eigenvalue weighted by Gasteiger charge is 2.32. The Bertz CT molecular complexity index is 721. The third kappa shape index (κ3) is 5.98. The zero-order valence-corrected chi connectivity index (χ0v) is 17.6. The maximum atomic E-state index is 13.1. The molecular weight excluding hydrogens is 354 g/mol. The third-order valence-electron chi connectivity index (χ3n) is 4.84. The minimum Gasteiger partial charge on any atom is -0.444 e. The Hall–Kier alpha value is -2.55. The first-order valence-electron chi connectivity index (χ1n) is 9.88. The molecule has 6 nitrogen and oxygen atoms in total. The van der Waals surface area contributed by atoms with Crippen LogP contribution in [0.15, 0.2) is 24.3 Å². The number of likely N-dealkylation sites (tertiary alicyclic amines) is 1. The van der Waals surface area contributed by atoms with E-state index in [1.165, 1.54) is 0 Å². The Morgan fingerprint density at radius 1 is 1.21 bits per heavy atom. The molecule has 0 radical (unpaired) electrons. The normalized spacial score (nSPS) is 15.2. The van der Waals surface area contributed by atoms with Crippen LogP contribution in [0.4, 0.5) is 4.79 Å². The smallest absolute Gasteiger partial charge is 0.410 e. The van der Waals surface area contributed by atoms with Crippen molar-refractivity contribution >= 4 is 12.0 Å². The fourth-order valence-electron chi connectivity index (χ4n) is 3.27. The molecule has 1 aliphatic heterocycles. The van der Waals surface area contributed by atoms with Crippen LogP contribution in [0.5, 0.6) is 0 Å². The molecule has 0 aromatic heterocycles. The molecule has 1 aromatic rings. The van der Waals surface area contributed by atoms with Gasteiger partial charge in [0.1, 0.15) is 5.60 Å². The fourth-order valence-corrected chi connectivity index (χ4v) is 3.27. The number of nitriles is 1. The summed E-state index contributed by atoms with van der Waals surface area (Å²) >= 11 is 0. The molecule has 2 rings (SSSR count). The molecule has 152 valence electrons. The first-order valence-corrected chi connectivity index (χ1v) is 9.88. The number of hydrogen-bond acceptors (Lipinski definition) is 4. The van der Waals surface area contributed by atoms with Crippen LogP contribution in [0.1, 0.15) is 58.6 Å². The Balaban J connectivity index is 1.97. The summed E-state index contributed by atoms with van der Waals surface area (Å²) in [6, 6.07) is 9.53. The van der Waals surface area contributed by atoms with E-state index in [4.69, 9.17) is 10.00 Å². The van der Waals surface area contributed by atoms with E-state index in [0.717, 1.165) is 5.56 Å². The van der Waals surface area contributed by atoms with Gasteiger partial charge in [-0.25, -0.2) is 4.79 Å². The lowest BCUT2D eigenvalue weighted by molar-refractivity contribution is -0.139. The van der Waals surface area contributed by atoms with Crippen molar-refractivity contribution < 1.29 is 14.3 Å². The van der Waals surface area contributed by atoms with E-state index in [-0.39, 0.29) is 24.0 Å². The summed E-state index contributed by atoms with van der Waals surface area (Å²) in [5, 5.41) is 8.93. The lowest BCUT2D eigenvalue weighted by Crippen LogP contribution is -2.47. The number of hydrogen-bond donors (Lipinski definition) is 0. The van der Waals surface area contributed by atoms with Crippen LogP contribution in [-0.2, 0) is 16.1 Å². The van der Waals surface area contributed by atoms with Crippen molar-refractivity contribution in [1.29, 1.82) is 5.26 Å². The van der Waals surface area contributed by atoms with Crippen molar-refractivity contribution in [2.24, 2.45) is 5.92 Å². The molecule has 1 aromatic carbocycles. The molecule has 1 saturated heterocycles. The third-order valence-corrected chi connectivity index (χ3v) is 4.84. The molecule has 28 heavy (non-hydrogen) atoms. The van der Waals surface area contributed by atoms with E-state index in [1.807, 2.05) is 51.7 Å². The van der Waals surface area contributed by atoms with E-state index in [0.29, 0.717) is 38.0 Å². The highest BCUT2D eigenvalue weighted by atomic mass is 16.6. The van der Waals surface area contributed by atoms with Gasteiger partial charge in [-0.3, -0.25) is 4.79 Å². The maximum absolute atomic E-state index is 13.1. The number of rotatable bonds is 4. The zero-order valence-electron chi connectivity index (χ0n) is 17.6.